The zero-order valence-corrected chi connectivity index (χ0v) is 11.4. The molecule has 3 heteroatoms. The Hall–Kier alpha value is -0.800. The molecule has 98 valence electrons. The average Bonchev–Trinajstić information content (AvgIpc) is 2.74. The summed E-state index contributed by atoms with van der Waals surface area (Å²) in [5, 5.41) is 3.47. The third kappa shape index (κ3) is 5.89. The van der Waals surface area contributed by atoms with Gasteiger partial charge in [-0.15, -0.1) is 0 Å². The van der Waals surface area contributed by atoms with Gasteiger partial charge in [0.1, 0.15) is 0 Å². The van der Waals surface area contributed by atoms with E-state index in [1.807, 2.05) is 0 Å². The lowest BCUT2D eigenvalue weighted by Crippen LogP contribution is -2.17. The van der Waals surface area contributed by atoms with Crippen LogP contribution in [-0.2, 0) is 17.8 Å². The van der Waals surface area contributed by atoms with Crippen molar-refractivity contribution in [2.24, 2.45) is 0 Å². The number of nitrogens with one attached hydrogen (secondary N) is 1. The molecule has 0 atom stereocenters. The van der Waals surface area contributed by atoms with Crippen molar-refractivity contribution in [2.75, 3.05) is 13.2 Å². The Morgan fingerprint density at radius 1 is 1.35 bits per heavy atom. The van der Waals surface area contributed by atoms with Gasteiger partial charge >= 0.3 is 0 Å². The van der Waals surface area contributed by atoms with E-state index in [-0.39, 0.29) is 0 Å². The van der Waals surface area contributed by atoms with Gasteiger partial charge in [-0.3, -0.25) is 0 Å². The topological polar surface area (TPSA) is 26.2 Å². The fourth-order valence-corrected chi connectivity index (χ4v) is 1.81. The highest BCUT2D eigenvalue weighted by Gasteiger charge is 1.98. The van der Waals surface area contributed by atoms with E-state index < -0.39 is 0 Å². The van der Waals surface area contributed by atoms with E-state index in [1.165, 1.54) is 12.1 Å². The molecule has 0 aromatic carbocycles. The number of hydrogen-bond donors (Lipinski definition) is 1. The first-order valence-electron chi connectivity index (χ1n) is 6.70. The summed E-state index contributed by atoms with van der Waals surface area (Å²) in [6.07, 6.45) is 4.81. The highest BCUT2D eigenvalue weighted by Crippen LogP contribution is 2.01. The predicted molar refractivity (Wildman–Crippen MR) is 72.1 cm³/mol. The molecule has 0 bridgehead atoms. The Morgan fingerprint density at radius 3 is 2.88 bits per heavy atom. The van der Waals surface area contributed by atoms with Crippen LogP contribution in [0.3, 0.4) is 0 Å². The van der Waals surface area contributed by atoms with Gasteiger partial charge in [-0.1, -0.05) is 0 Å². The van der Waals surface area contributed by atoms with Crippen LogP contribution < -0.4 is 5.32 Å². The molecule has 1 heterocycles. The molecular weight excluding hydrogens is 212 g/mol. The Morgan fingerprint density at radius 2 is 2.18 bits per heavy atom. The summed E-state index contributed by atoms with van der Waals surface area (Å²) in [7, 11) is 0. The number of rotatable bonds is 9. The molecule has 0 unspecified atom stereocenters. The normalized spacial score (nSPS) is 11.3. The third-order valence-electron chi connectivity index (χ3n) is 2.77. The molecule has 0 radical (unpaired) electrons. The maximum atomic E-state index is 5.50. The minimum absolute atomic E-state index is 0.357. The van der Waals surface area contributed by atoms with E-state index in [0.717, 1.165) is 32.7 Å². The third-order valence-corrected chi connectivity index (χ3v) is 2.77. The summed E-state index contributed by atoms with van der Waals surface area (Å²) < 4.78 is 7.77. The second kappa shape index (κ2) is 8.31. The van der Waals surface area contributed by atoms with Gasteiger partial charge in [-0.05, 0) is 52.3 Å². The highest BCUT2D eigenvalue weighted by molar-refractivity contribution is 5.06. The summed E-state index contributed by atoms with van der Waals surface area (Å²) in [5.74, 6) is 0. The zero-order chi connectivity index (χ0) is 12.5. The lowest BCUT2D eigenvalue weighted by molar-refractivity contribution is 0.0760. The Labute approximate surface area is 105 Å². The fraction of sp³-hybridized carbons (Fsp3) is 0.714. The van der Waals surface area contributed by atoms with Crippen LogP contribution in [0.1, 0.15) is 39.3 Å². The number of ether oxygens (including phenoxy) is 1. The van der Waals surface area contributed by atoms with Crippen LogP contribution in [0, 0.1) is 0 Å². The summed E-state index contributed by atoms with van der Waals surface area (Å²) in [5.41, 5.74) is 1.37. The fourth-order valence-electron chi connectivity index (χ4n) is 1.81. The van der Waals surface area contributed by atoms with Crippen LogP contribution in [0.15, 0.2) is 18.3 Å². The Bertz CT molecular complexity index is 294. The number of aryl methyl sites for hydroxylation is 1. The molecular formula is C14H26N2O. The van der Waals surface area contributed by atoms with Crippen molar-refractivity contribution in [1.82, 2.24) is 9.88 Å². The van der Waals surface area contributed by atoms with Crippen molar-refractivity contribution in [3.8, 4) is 0 Å². The molecule has 0 saturated heterocycles. The molecule has 3 nitrogen and oxygen atoms in total. The van der Waals surface area contributed by atoms with Gasteiger partial charge in [0, 0.05) is 31.6 Å². The molecule has 0 amide bonds. The monoisotopic (exact) mass is 238 g/mol. The molecule has 0 spiro atoms. The first-order valence-corrected chi connectivity index (χ1v) is 6.70. The minimum atomic E-state index is 0.357. The van der Waals surface area contributed by atoms with Crippen LogP contribution in [0.25, 0.3) is 0 Å². The predicted octanol–water partition coefficient (Wildman–Crippen LogP) is 2.80. The van der Waals surface area contributed by atoms with Crippen LogP contribution in [-0.4, -0.2) is 23.8 Å². The summed E-state index contributed by atoms with van der Waals surface area (Å²) >= 11 is 0. The van der Waals surface area contributed by atoms with Gasteiger partial charge in [0.2, 0.25) is 0 Å². The van der Waals surface area contributed by atoms with E-state index in [4.69, 9.17) is 4.74 Å². The Balaban J connectivity index is 2.01. The van der Waals surface area contributed by atoms with Crippen molar-refractivity contribution < 1.29 is 4.74 Å². The molecule has 1 rings (SSSR count). The number of nitrogens with zero attached hydrogens (tertiary/aromatic N) is 1. The number of aromatic nitrogens is 1. The van der Waals surface area contributed by atoms with Gasteiger partial charge in [-0.2, -0.15) is 0 Å². The largest absolute Gasteiger partial charge is 0.379 e. The molecule has 1 aromatic heterocycles. The van der Waals surface area contributed by atoms with Crippen molar-refractivity contribution in [2.45, 2.75) is 52.8 Å². The SMILES string of the molecule is CCn1cccc1CNCCCCOC(C)C. The van der Waals surface area contributed by atoms with Crippen molar-refractivity contribution in [1.29, 1.82) is 0 Å². The van der Waals surface area contributed by atoms with Crippen LogP contribution in [0.4, 0.5) is 0 Å². The Kier molecular flexibility index (Phi) is 6.97. The van der Waals surface area contributed by atoms with Crippen molar-refractivity contribution in [3.05, 3.63) is 24.0 Å². The van der Waals surface area contributed by atoms with E-state index in [9.17, 15) is 0 Å². The van der Waals surface area contributed by atoms with Crippen molar-refractivity contribution >= 4 is 0 Å². The zero-order valence-electron chi connectivity index (χ0n) is 11.4. The van der Waals surface area contributed by atoms with Gasteiger partial charge in [-0.25, -0.2) is 0 Å². The standard InChI is InChI=1S/C14H26N2O/c1-4-16-10-7-8-14(16)12-15-9-5-6-11-17-13(2)3/h7-8,10,13,15H,4-6,9,11-12H2,1-3H3. The summed E-state index contributed by atoms with van der Waals surface area (Å²) in [4.78, 5) is 0. The van der Waals surface area contributed by atoms with E-state index in [2.05, 4.69) is 49.0 Å². The van der Waals surface area contributed by atoms with Crippen LogP contribution in [0.5, 0.6) is 0 Å². The number of hydrogen-bond acceptors (Lipinski definition) is 2. The maximum absolute atomic E-state index is 5.50. The second-order valence-electron chi connectivity index (χ2n) is 4.59. The van der Waals surface area contributed by atoms with Crippen LogP contribution in [0.2, 0.25) is 0 Å². The molecule has 17 heavy (non-hydrogen) atoms. The summed E-state index contributed by atoms with van der Waals surface area (Å²) in [6.45, 7) is 10.3. The molecule has 1 N–H and O–H groups in total. The quantitative estimate of drug-likeness (QED) is 0.670. The molecule has 0 aliphatic heterocycles. The van der Waals surface area contributed by atoms with E-state index in [0.29, 0.717) is 6.10 Å². The molecule has 0 saturated carbocycles. The smallest absolute Gasteiger partial charge is 0.0518 e. The van der Waals surface area contributed by atoms with Crippen LogP contribution >= 0.6 is 0 Å². The summed E-state index contributed by atoms with van der Waals surface area (Å²) in [6, 6.07) is 4.29. The number of unbranched alkanes of at least 4 members (excludes halogenated alkanes) is 1. The lowest BCUT2D eigenvalue weighted by Gasteiger charge is -2.09. The lowest BCUT2D eigenvalue weighted by atomic mass is 10.3. The van der Waals surface area contributed by atoms with Gasteiger partial charge in [0.25, 0.3) is 0 Å². The van der Waals surface area contributed by atoms with Crippen molar-refractivity contribution in [3.63, 3.8) is 0 Å². The molecule has 0 fully saturated rings. The minimum Gasteiger partial charge on any atom is -0.379 e. The molecule has 0 aliphatic rings. The second-order valence-corrected chi connectivity index (χ2v) is 4.59. The van der Waals surface area contributed by atoms with Gasteiger partial charge < -0.3 is 14.6 Å². The molecule has 0 aliphatic carbocycles. The molecule has 1 aromatic rings. The maximum Gasteiger partial charge on any atom is 0.0518 e. The first-order chi connectivity index (χ1) is 8.24. The van der Waals surface area contributed by atoms with Gasteiger partial charge in [0.05, 0.1) is 6.10 Å². The highest BCUT2D eigenvalue weighted by atomic mass is 16.5. The van der Waals surface area contributed by atoms with E-state index >= 15 is 0 Å². The first kappa shape index (κ1) is 14.3. The van der Waals surface area contributed by atoms with Gasteiger partial charge in [0.15, 0.2) is 0 Å². The van der Waals surface area contributed by atoms with E-state index in [1.54, 1.807) is 0 Å². The average molecular weight is 238 g/mol.